The van der Waals surface area contributed by atoms with Gasteiger partial charge in [-0.15, -0.1) is 6.42 Å². The fraction of sp³-hybridized carbons (Fsp3) is 0. The van der Waals surface area contributed by atoms with Crippen LogP contribution in [0.4, 0.5) is 0 Å². The zero-order valence-electron chi connectivity index (χ0n) is 31.2. The molecule has 0 heterocycles. The third kappa shape index (κ3) is 9.74. The highest BCUT2D eigenvalue weighted by Crippen LogP contribution is 2.36. The Labute approximate surface area is 332 Å². The minimum atomic E-state index is 0.938. The van der Waals surface area contributed by atoms with Crippen LogP contribution in [0.3, 0.4) is 0 Å². The SMILES string of the molecule is C#Cc1ccccc1.c1ccc(-c2cc(-c3ccccc3)cc(-c3ccccc3)c2)cc1.c1ccc(-c2ccc(-c3ccccc3)c(-c3ccccc3)c2)cc1. The predicted molar refractivity (Wildman–Crippen MR) is 240 cm³/mol. The van der Waals surface area contributed by atoms with E-state index < -0.39 is 0 Å². The fourth-order valence-corrected chi connectivity index (χ4v) is 6.63. The molecule has 266 valence electrons. The summed E-state index contributed by atoms with van der Waals surface area (Å²) in [6.45, 7) is 0. The van der Waals surface area contributed by atoms with Crippen molar-refractivity contribution < 1.29 is 0 Å². The average molecular weight is 715 g/mol. The van der Waals surface area contributed by atoms with Crippen molar-refractivity contribution in [3.05, 3.63) is 254 Å². The van der Waals surface area contributed by atoms with E-state index in [0.29, 0.717) is 0 Å². The highest BCUT2D eigenvalue weighted by Gasteiger charge is 2.10. The van der Waals surface area contributed by atoms with Crippen molar-refractivity contribution in [2.24, 2.45) is 0 Å². The molecular weight excluding hydrogens is 673 g/mol. The molecule has 0 bridgehead atoms. The second kappa shape index (κ2) is 19.0. The topological polar surface area (TPSA) is 0 Å². The van der Waals surface area contributed by atoms with E-state index in [1.807, 2.05) is 30.3 Å². The van der Waals surface area contributed by atoms with Crippen molar-refractivity contribution in [2.45, 2.75) is 0 Å². The summed E-state index contributed by atoms with van der Waals surface area (Å²) in [5, 5.41) is 0. The fourth-order valence-electron chi connectivity index (χ4n) is 6.63. The lowest BCUT2D eigenvalue weighted by molar-refractivity contribution is 1.56. The molecule has 0 saturated heterocycles. The third-order valence-electron chi connectivity index (χ3n) is 9.49. The average Bonchev–Trinajstić information content (AvgIpc) is 3.31. The molecule has 0 unspecified atom stereocenters. The van der Waals surface area contributed by atoms with Crippen molar-refractivity contribution in [1.82, 2.24) is 0 Å². The Morgan fingerprint density at radius 1 is 0.214 bits per heavy atom. The molecule has 0 N–H and O–H groups in total. The first-order valence-corrected chi connectivity index (χ1v) is 18.9. The number of hydrogen-bond acceptors (Lipinski definition) is 0. The summed E-state index contributed by atoms with van der Waals surface area (Å²) >= 11 is 0. The minimum Gasteiger partial charge on any atom is -0.115 e. The van der Waals surface area contributed by atoms with Gasteiger partial charge in [0.15, 0.2) is 0 Å². The van der Waals surface area contributed by atoms with Crippen LogP contribution in [0, 0.1) is 12.3 Å². The van der Waals surface area contributed by atoms with Gasteiger partial charge in [-0.3, -0.25) is 0 Å². The molecular formula is C56H42. The molecule has 0 aliphatic carbocycles. The van der Waals surface area contributed by atoms with Gasteiger partial charge in [0, 0.05) is 5.56 Å². The first kappa shape index (κ1) is 36.9. The lowest BCUT2D eigenvalue weighted by Crippen LogP contribution is -1.87. The summed E-state index contributed by atoms with van der Waals surface area (Å²) in [4.78, 5) is 0. The molecule has 9 aromatic carbocycles. The molecule has 0 saturated carbocycles. The Morgan fingerprint density at radius 2 is 0.500 bits per heavy atom. The van der Waals surface area contributed by atoms with E-state index in [1.165, 1.54) is 66.8 Å². The lowest BCUT2D eigenvalue weighted by Gasteiger charge is -2.13. The summed E-state index contributed by atoms with van der Waals surface area (Å²) in [5.74, 6) is 2.53. The van der Waals surface area contributed by atoms with Crippen LogP contribution in [-0.2, 0) is 0 Å². The molecule has 0 atom stereocenters. The molecule has 0 amide bonds. The monoisotopic (exact) mass is 714 g/mol. The molecule has 9 rings (SSSR count). The smallest absolute Gasteiger partial charge is 0.0242 e. The van der Waals surface area contributed by atoms with Gasteiger partial charge in [0.25, 0.3) is 0 Å². The molecule has 0 radical (unpaired) electrons. The Bertz CT molecular complexity index is 2430. The van der Waals surface area contributed by atoms with E-state index >= 15 is 0 Å². The van der Waals surface area contributed by atoms with Gasteiger partial charge in [0.2, 0.25) is 0 Å². The Kier molecular flexibility index (Phi) is 12.5. The van der Waals surface area contributed by atoms with E-state index in [-0.39, 0.29) is 0 Å². The molecule has 0 aromatic heterocycles. The molecule has 0 heteroatoms. The molecule has 0 aliphatic rings. The lowest BCUT2D eigenvalue weighted by atomic mass is 9.91. The van der Waals surface area contributed by atoms with E-state index in [1.54, 1.807) is 0 Å². The second-order valence-electron chi connectivity index (χ2n) is 13.3. The molecule has 56 heavy (non-hydrogen) atoms. The summed E-state index contributed by atoms with van der Waals surface area (Å²) < 4.78 is 0. The van der Waals surface area contributed by atoms with Crippen LogP contribution in [0.5, 0.6) is 0 Å². The Hall–Kier alpha value is -7.46. The molecule has 0 fully saturated rings. The standard InChI is InChI=1S/2C24H18.C8H6/c1-4-10-19(11-5-1)22-16-23(20-12-6-2-7-13-20)18-24(17-22)21-14-8-3-9-15-21;1-4-10-19(11-5-1)22-16-17-23(20-12-6-2-7-13-20)24(18-22)21-14-8-3-9-15-21;1-2-8-6-4-3-5-7-8/h2*1-18H;1,3-7H. The van der Waals surface area contributed by atoms with Crippen LogP contribution in [0.15, 0.2) is 249 Å². The normalized spacial score (nSPS) is 10.1. The first-order valence-electron chi connectivity index (χ1n) is 18.9. The maximum absolute atomic E-state index is 5.10. The first-order chi connectivity index (χ1) is 27.7. The van der Waals surface area contributed by atoms with Crippen LogP contribution in [0.2, 0.25) is 0 Å². The predicted octanol–water partition coefficient (Wildman–Crippen LogP) is 15.0. The maximum atomic E-state index is 5.10. The quantitative estimate of drug-likeness (QED) is 0.150. The van der Waals surface area contributed by atoms with Crippen molar-refractivity contribution in [3.63, 3.8) is 0 Å². The Balaban J connectivity index is 0.000000144. The molecule has 0 aliphatic heterocycles. The van der Waals surface area contributed by atoms with Crippen LogP contribution in [0.1, 0.15) is 5.56 Å². The molecule has 0 nitrogen and oxygen atoms in total. The van der Waals surface area contributed by atoms with Crippen LogP contribution < -0.4 is 0 Å². The van der Waals surface area contributed by atoms with Crippen LogP contribution >= 0.6 is 0 Å². The molecule has 9 aromatic rings. The van der Waals surface area contributed by atoms with Crippen molar-refractivity contribution >= 4 is 0 Å². The maximum Gasteiger partial charge on any atom is 0.0242 e. The van der Waals surface area contributed by atoms with E-state index in [2.05, 4.69) is 224 Å². The van der Waals surface area contributed by atoms with Gasteiger partial charge < -0.3 is 0 Å². The van der Waals surface area contributed by atoms with Gasteiger partial charge >= 0.3 is 0 Å². The number of rotatable bonds is 6. The van der Waals surface area contributed by atoms with E-state index in [9.17, 15) is 0 Å². The van der Waals surface area contributed by atoms with Crippen LogP contribution in [-0.4, -0.2) is 0 Å². The highest BCUT2D eigenvalue weighted by atomic mass is 14.1. The third-order valence-corrected chi connectivity index (χ3v) is 9.49. The number of terminal acetylenes is 1. The molecule has 0 spiro atoms. The van der Waals surface area contributed by atoms with Crippen molar-refractivity contribution in [1.29, 1.82) is 0 Å². The second-order valence-corrected chi connectivity index (χ2v) is 13.3. The summed E-state index contributed by atoms with van der Waals surface area (Å²) in [6.07, 6.45) is 5.10. The zero-order chi connectivity index (χ0) is 38.2. The summed E-state index contributed by atoms with van der Waals surface area (Å²) in [7, 11) is 0. The van der Waals surface area contributed by atoms with E-state index in [0.717, 1.165) is 5.56 Å². The van der Waals surface area contributed by atoms with Gasteiger partial charge in [-0.1, -0.05) is 218 Å². The van der Waals surface area contributed by atoms with Gasteiger partial charge in [-0.25, -0.2) is 0 Å². The number of benzene rings is 9. The van der Waals surface area contributed by atoms with Gasteiger partial charge in [0.1, 0.15) is 0 Å². The number of hydrogen-bond donors (Lipinski definition) is 0. The van der Waals surface area contributed by atoms with Gasteiger partial charge in [-0.05, 0) is 103 Å². The minimum absolute atomic E-state index is 0.938. The highest BCUT2D eigenvalue weighted by molar-refractivity contribution is 5.87. The van der Waals surface area contributed by atoms with Crippen molar-refractivity contribution in [3.8, 4) is 79.1 Å². The van der Waals surface area contributed by atoms with Gasteiger partial charge in [0.05, 0.1) is 0 Å². The van der Waals surface area contributed by atoms with E-state index in [4.69, 9.17) is 6.42 Å². The summed E-state index contributed by atoms with van der Waals surface area (Å²) in [5.41, 5.74) is 15.9. The van der Waals surface area contributed by atoms with Gasteiger partial charge in [-0.2, -0.15) is 0 Å². The largest absolute Gasteiger partial charge is 0.115 e. The summed E-state index contributed by atoms with van der Waals surface area (Å²) in [6, 6.07) is 86.6. The zero-order valence-corrected chi connectivity index (χ0v) is 31.2. The Morgan fingerprint density at radius 3 is 0.821 bits per heavy atom. The van der Waals surface area contributed by atoms with Crippen LogP contribution in [0.25, 0.3) is 66.8 Å². The van der Waals surface area contributed by atoms with Crippen molar-refractivity contribution in [2.75, 3.05) is 0 Å².